The average molecular weight is 363 g/mol. The van der Waals surface area contributed by atoms with E-state index in [-0.39, 0.29) is 17.3 Å². The molecule has 132 valence electrons. The molecule has 1 aliphatic rings. The zero-order valence-electron chi connectivity index (χ0n) is 13.6. The maximum Gasteiger partial charge on any atom is 0.353 e. The van der Waals surface area contributed by atoms with Crippen molar-refractivity contribution in [3.05, 3.63) is 39.4 Å². The van der Waals surface area contributed by atoms with Gasteiger partial charge in [-0.1, -0.05) is 24.4 Å². The van der Waals surface area contributed by atoms with E-state index in [9.17, 15) is 10.1 Å². The summed E-state index contributed by atoms with van der Waals surface area (Å²) < 4.78 is 0. The summed E-state index contributed by atoms with van der Waals surface area (Å²) >= 11 is 5.88. The minimum Gasteiger partial charge on any atom is -0.378 e. The summed E-state index contributed by atoms with van der Waals surface area (Å²) in [5.74, 6) is 0.358. The Balaban J connectivity index is 1.97. The molecule has 0 bridgehead atoms. The molecule has 1 fully saturated rings. The fourth-order valence-corrected chi connectivity index (χ4v) is 2.94. The van der Waals surface area contributed by atoms with E-state index in [0.717, 1.165) is 38.8 Å². The second kappa shape index (κ2) is 7.52. The Hall–Kier alpha value is -2.61. The van der Waals surface area contributed by atoms with Crippen molar-refractivity contribution in [3.8, 4) is 0 Å². The van der Waals surface area contributed by atoms with Crippen molar-refractivity contribution in [1.82, 2.24) is 9.97 Å². The predicted octanol–water partition coefficient (Wildman–Crippen LogP) is 3.74. The molecule has 2 aromatic rings. The summed E-state index contributed by atoms with van der Waals surface area (Å²) in [6, 6.07) is 6.82. The highest BCUT2D eigenvalue weighted by atomic mass is 35.5. The molecule has 8 nitrogen and oxygen atoms in total. The predicted molar refractivity (Wildman–Crippen MR) is 98.5 cm³/mol. The molecule has 0 spiro atoms. The Morgan fingerprint density at radius 3 is 2.36 bits per heavy atom. The lowest BCUT2D eigenvalue weighted by Gasteiger charge is -2.21. The first-order valence-electron chi connectivity index (χ1n) is 8.14. The third kappa shape index (κ3) is 4.08. The molecule has 9 heteroatoms. The van der Waals surface area contributed by atoms with Gasteiger partial charge in [0.2, 0.25) is 17.6 Å². The minimum atomic E-state index is -0.570. The molecule has 0 saturated carbocycles. The number of rotatable bonds is 4. The van der Waals surface area contributed by atoms with E-state index in [1.807, 2.05) is 4.90 Å². The quantitative estimate of drug-likeness (QED) is 0.629. The number of aromatic nitrogens is 2. The number of nitrogens with two attached hydrogens (primary N) is 1. The molecule has 0 unspecified atom stereocenters. The number of hydrogen-bond acceptors (Lipinski definition) is 7. The summed E-state index contributed by atoms with van der Waals surface area (Å²) in [6.45, 7) is 1.63. The second-order valence-corrected chi connectivity index (χ2v) is 6.33. The number of nitrogen functional groups attached to an aromatic ring is 1. The zero-order chi connectivity index (χ0) is 17.8. The van der Waals surface area contributed by atoms with Gasteiger partial charge in [-0.05, 0) is 37.1 Å². The molecular formula is C16H19ClN6O2. The van der Waals surface area contributed by atoms with Crippen molar-refractivity contribution in [2.45, 2.75) is 25.7 Å². The lowest BCUT2D eigenvalue weighted by molar-refractivity contribution is -0.383. The molecule has 1 aromatic carbocycles. The minimum absolute atomic E-state index is 0.0825. The summed E-state index contributed by atoms with van der Waals surface area (Å²) in [7, 11) is 0. The van der Waals surface area contributed by atoms with Gasteiger partial charge in [0.15, 0.2) is 0 Å². The molecule has 3 N–H and O–H groups in total. The molecule has 1 saturated heterocycles. The summed E-state index contributed by atoms with van der Waals surface area (Å²) in [4.78, 5) is 21.4. The Labute approximate surface area is 150 Å². The average Bonchev–Trinajstić information content (AvgIpc) is 2.85. The summed E-state index contributed by atoms with van der Waals surface area (Å²) in [6.07, 6.45) is 4.41. The number of nitrogens with zero attached hydrogens (tertiary/aromatic N) is 4. The fraction of sp³-hybridized carbons (Fsp3) is 0.375. The SMILES string of the molecule is Nc1nc(N2CCCCCC2)nc(Nc2ccc(Cl)cc2)c1[N+](=O)[O-]. The van der Waals surface area contributed by atoms with Crippen LogP contribution in [0.1, 0.15) is 25.7 Å². The summed E-state index contributed by atoms with van der Waals surface area (Å²) in [5.41, 5.74) is 6.17. The maximum atomic E-state index is 11.4. The highest BCUT2D eigenvalue weighted by Crippen LogP contribution is 2.33. The molecule has 0 radical (unpaired) electrons. The van der Waals surface area contributed by atoms with Gasteiger partial charge in [0.1, 0.15) is 0 Å². The van der Waals surface area contributed by atoms with Crippen LogP contribution in [-0.4, -0.2) is 28.0 Å². The number of anilines is 4. The standard InChI is InChI=1S/C16H19ClN6O2/c17-11-5-7-12(8-6-11)19-15-13(23(24)25)14(18)20-16(21-15)22-9-3-1-2-4-10-22/h5-8H,1-4,9-10H2,(H3,18,19,20,21). The first kappa shape index (κ1) is 17.2. The molecule has 2 heterocycles. The Kier molecular flexibility index (Phi) is 5.18. The van der Waals surface area contributed by atoms with Crippen LogP contribution in [0.2, 0.25) is 5.02 Å². The molecule has 3 rings (SSSR count). The van der Waals surface area contributed by atoms with Crippen molar-refractivity contribution in [2.75, 3.05) is 29.0 Å². The lowest BCUT2D eigenvalue weighted by atomic mass is 10.2. The van der Waals surface area contributed by atoms with Gasteiger partial charge in [0.05, 0.1) is 4.92 Å². The van der Waals surface area contributed by atoms with Gasteiger partial charge in [0.25, 0.3) is 0 Å². The van der Waals surface area contributed by atoms with E-state index in [4.69, 9.17) is 17.3 Å². The van der Waals surface area contributed by atoms with Crippen LogP contribution in [0.15, 0.2) is 24.3 Å². The summed E-state index contributed by atoms with van der Waals surface area (Å²) in [5, 5.41) is 14.9. The first-order chi connectivity index (χ1) is 12.0. The largest absolute Gasteiger partial charge is 0.378 e. The van der Waals surface area contributed by atoms with Gasteiger partial charge >= 0.3 is 5.69 Å². The monoisotopic (exact) mass is 362 g/mol. The first-order valence-corrected chi connectivity index (χ1v) is 8.52. The van der Waals surface area contributed by atoms with Crippen LogP contribution in [0.4, 0.5) is 29.0 Å². The van der Waals surface area contributed by atoms with Crippen LogP contribution in [0.5, 0.6) is 0 Å². The van der Waals surface area contributed by atoms with Crippen LogP contribution in [0.25, 0.3) is 0 Å². The molecule has 0 aliphatic carbocycles. The Morgan fingerprint density at radius 2 is 1.76 bits per heavy atom. The third-order valence-corrected chi connectivity index (χ3v) is 4.33. The molecule has 0 amide bonds. The van der Waals surface area contributed by atoms with Gasteiger partial charge < -0.3 is 16.0 Å². The van der Waals surface area contributed by atoms with Crippen molar-refractivity contribution in [2.24, 2.45) is 0 Å². The van der Waals surface area contributed by atoms with Crippen molar-refractivity contribution >= 4 is 40.6 Å². The molecule has 0 atom stereocenters. The molecular weight excluding hydrogens is 344 g/mol. The van der Waals surface area contributed by atoms with Crippen LogP contribution >= 0.6 is 11.6 Å². The molecule has 1 aromatic heterocycles. The smallest absolute Gasteiger partial charge is 0.353 e. The van der Waals surface area contributed by atoms with Crippen LogP contribution in [0.3, 0.4) is 0 Å². The highest BCUT2D eigenvalue weighted by molar-refractivity contribution is 6.30. The number of halogens is 1. The lowest BCUT2D eigenvalue weighted by Crippen LogP contribution is -2.26. The second-order valence-electron chi connectivity index (χ2n) is 5.90. The van der Waals surface area contributed by atoms with Gasteiger partial charge in [-0.3, -0.25) is 10.1 Å². The van der Waals surface area contributed by atoms with Gasteiger partial charge in [-0.15, -0.1) is 0 Å². The van der Waals surface area contributed by atoms with Crippen LogP contribution < -0.4 is 16.0 Å². The van der Waals surface area contributed by atoms with Crippen molar-refractivity contribution in [3.63, 3.8) is 0 Å². The fourth-order valence-electron chi connectivity index (χ4n) is 2.81. The number of nitrogens with one attached hydrogen (secondary N) is 1. The van der Waals surface area contributed by atoms with E-state index in [1.54, 1.807) is 24.3 Å². The Morgan fingerprint density at radius 1 is 1.12 bits per heavy atom. The van der Waals surface area contributed by atoms with E-state index < -0.39 is 4.92 Å². The number of nitro groups is 1. The van der Waals surface area contributed by atoms with Gasteiger partial charge in [-0.25, -0.2) is 0 Å². The maximum absolute atomic E-state index is 11.4. The van der Waals surface area contributed by atoms with Crippen molar-refractivity contribution in [1.29, 1.82) is 0 Å². The van der Waals surface area contributed by atoms with E-state index >= 15 is 0 Å². The van der Waals surface area contributed by atoms with Crippen LogP contribution in [0, 0.1) is 10.1 Å². The van der Waals surface area contributed by atoms with Gasteiger partial charge in [-0.2, -0.15) is 9.97 Å². The molecule has 1 aliphatic heterocycles. The highest BCUT2D eigenvalue weighted by Gasteiger charge is 2.25. The zero-order valence-corrected chi connectivity index (χ0v) is 14.4. The topological polar surface area (TPSA) is 110 Å². The number of benzene rings is 1. The number of hydrogen-bond donors (Lipinski definition) is 2. The van der Waals surface area contributed by atoms with E-state index in [0.29, 0.717) is 16.7 Å². The normalized spacial score (nSPS) is 14.8. The molecule has 25 heavy (non-hydrogen) atoms. The van der Waals surface area contributed by atoms with Crippen LogP contribution in [-0.2, 0) is 0 Å². The van der Waals surface area contributed by atoms with E-state index in [1.165, 1.54) is 0 Å². The van der Waals surface area contributed by atoms with Gasteiger partial charge in [0, 0.05) is 23.8 Å². The van der Waals surface area contributed by atoms with Crippen molar-refractivity contribution < 1.29 is 4.92 Å². The Bertz CT molecular complexity index is 760. The third-order valence-electron chi connectivity index (χ3n) is 4.08. The van der Waals surface area contributed by atoms with E-state index in [2.05, 4.69) is 15.3 Å².